The van der Waals surface area contributed by atoms with Crippen molar-refractivity contribution < 1.29 is 9.59 Å². The molecule has 128 valence electrons. The molecule has 0 radical (unpaired) electrons. The molecule has 23 heavy (non-hydrogen) atoms. The van der Waals surface area contributed by atoms with E-state index in [4.69, 9.17) is 0 Å². The molecule has 0 saturated heterocycles. The summed E-state index contributed by atoms with van der Waals surface area (Å²) in [5.41, 5.74) is 0.692. The van der Waals surface area contributed by atoms with Gasteiger partial charge in [0.2, 0.25) is 11.8 Å². The van der Waals surface area contributed by atoms with Crippen molar-refractivity contribution in [1.82, 2.24) is 9.88 Å². The van der Waals surface area contributed by atoms with Gasteiger partial charge in [-0.2, -0.15) is 0 Å². The van der Waals surface area contributed by atoms with Gasteiger partial charge in [0.05, 0.1) is 16.9 Å². The second-order valence-electron chi connectivity index (χ2n) is 5.37. The highest BCUT2D eigenvalue weighted by Crippen LogP contribution is 2.14. The van der Waals surface area contributed by atoms with Gasteiger partial charge in [-0.05, 0) is 37.7 Å². The number of pyridine rings is 1. The smallest absolute Gasteiger partial charge is 0.224 e. The average Bonchev–Trinajstić information content (AvgIpc) is 2.55. The maximum Gasteiger partial charge on any atom is 0.224 e. The van der Waals surface area contributed by atoms with Crippen LogP contribution in [-0.2, 0) is 9.59 Å². The van der Waals surface area contributed by atoms with E-state index in [0.717, 1.165) is 31.0 Å². The summed E-state index contributed by atoms with van der Waals surface area (Å²) >= 11 is 1.56. The Morgan fingerprint density at radius 3 is 2.39 bits per heavy atom. The Hall–Kier alpha value is -1.56. The van der Waals surface area contributed by atoms with Gasteiger partial charge in [-0.15, -0.1) is 11.8 Å². The second-order valence-corrected chi connectivity index (χ2v) is 6.20. The molecule has 0 spiro atoms. The molecule has 1 heterocycles. The van der Waals surface area contributed by atoms with Crippen molar-refractivity contribution in [3.63, 3.8) is 0 Å². The lowest BCUT2D eigenvalue weighted by Gasteiger charge is -2.21. The standard InChI is InChI=1S/C17H27N3O2S/c1-4-11-20(12-5-2)17(22)8-6-7-15(21)19-14-9-10-16(23-3)18-13-14/h9-10,13H,4-8,11-12H2,1-3H3,(H,19,21). The first-order valence-corrected chi connectivity index (χ1v) is 9.40. The minimum absolute atomic E-state index is 0.0750. The fourth-order valence-electron chi connectivity index (χ4n) is 2.26. The predicted molar refractivity (Wildman–Crippen MR) is 95.7 cm³/mol. The van der Waals surface area contributed by atoms with Crippen LogP contribution in [0.15, 0.2) is 23.4 Å². The second kappa shape index (κ2) is 11.0. The van der Waals surface area contributed by atoms with Crippen LogP contribution in [0.2, 0.25) is 0 Å². The number of thioether (sulfide) groups is 1. The zero-order valence-corrected chi connectivity index (χ0v) is 15.1. The Morgan fingerprint density at radius 2 is 1.87 bits per heavy atom. The Kier molecular flexibility index (Phi) is 9.36. The van der Waals surface area contributed by atoms with E-state index in [2.05, 4.69) is 24.1 Å². The summed E-state index contributed by atoms with van der Waals surface area (Å²) in [6.45, 7) is 5.73. The third kappa shape index (κ3) is 7.50. The fraction of sp³-hybridized carbons (Fsp3) is 0.588. The molecule has 6 heteroatoms. The van der Waals surface area contributed by atoms with Crippen molar-refractivity contribution in [2.24, 2.45) is 0 Å². The molecular formula is C17H27N3O2S. The van der Waals surface area contributed by atoms with E-state index < -0.39 is 0 Å². The molecule has 1 aromatic heterocycles. The molecule has 1 N–H and O–H groups in total. The number of nitrogens with zero attached hydrogens (tertiary/aromatic N) is 2. The van der Waals surface area contributed by atoms with Crippen molar-refractivity contribution in [2.75, 3.05) is 24.7 Å². The number of hydrogen-bond acceptors (Lipinski definition) is 4. The zero-order chi connectivity index (χ0) is 17.1. The van der Waals surface area contributed by atoms with E-state index in [0.29, 0.717) is 24.9 Å². The van der Waals surface area contributed by atoms with Crippen LogP contribution in [0.3, 0.4) is 0 Å². The number of rotatable bonds is 10. The maximum absolute atomic E-state index is 12.1. The molecule has 2 amide bonds. The lowest BCUT2D eigenvalue weighted by molar-refractivity contribution is -0.131. The van der Waals surface area contributed by atoms with Crippen LogP contribution in [0.5, 0.6) is 0 Å². The molecule has 1 rings (SSSR count). The monoisotopic (exact) mass is 337 g/mol. The first kappa shape index (κ1) is 19.5. The van der Waals surface area contributed by atoms with Crippen molar-refractivity contribution in [2.45, 2.75) is 51.0 Å². The van der Waals surface area contributed by atoms with Gasteiger partial charge in [0.25, 0.3) is 0 Å². The number of carbonyl (C=O) groups excluding carboxylic acids is 2. The molecule has 0 bridgehead atoms. The third-order valence-electron chi connectivity index (χ3n) is 3.36. The van der Waals surface area contributed by atoms with Gasteiger partial charge in [0.15, 0.2) is 0 Å². The number of amides is 2. The van der Waals surface area contributed by atoms with E-state index in [1.165, 1.54) is 0 Å². The molecule has 0 aliphatic heterocycles. The summed E-state index contributed by atoms with van der Waals surface area (Å²) < 4.78 is 0. The van der Waals surface area contributed by atoms with Gasteiger partial charge in [-0.25, -0.2) is 4.98 Å². The minimum atomic E-state index is -0.0750. The van der Waals surface area contributed by atoms with E-state index in [1.807, 2.05) is 23.3 Å². The minimum Gasteiger partial charge on any atom is -0.343 e. The maximum atomic E-state index is 12.1. The number of hydrogen-bond donors (Lipinski definition) is 1. The molecule has 0 aromatic carbocycles. The van der Waals surface area contributed by atoms with Crippen LogP contribution in [0.25, 0.3) is 0 Å². The molecule has 1 aromatic rings. The molecule has 0 fully saturated rings. The summed E-state index contributed by atoms with van der Waals surface area (Å²) in [6.07, 6.45) is 6.89. The van der Waals surface area contributed by atoms with Crippen molar-refractivity contribution in [3.8, 4) is 0 Å². The normalized spacial score (nSPS) is 10.4. The number of nitrogens with one attached hydrogen (secondary N) is 1. The summed E-state index contributed by atoms with van der Waals surface area (Å²) in [7, 11) is 0. The highest BCUT2D eigenvalue weighted by atomic mass is 32.2. The molecule has 0 aliphatic carbocycles. The van der Waals surface area contributed by atoms with Crippen LogP contribution < -0.4 is 5.32 Å². The molecule has 0 aliphatic rings. The molecule has 0 unspecified atom stereocenters. The largest absolute Gasteiger partial charge is 0.343 e. The van der Waals surface area contributed by atoms with Gasteiger partial charge in [0.1, 0.15) is 0 Å². The lowest BCUT2D eigenvalue weighted by atomic mass is 10.2. The van der Waals surface area contributed by atoms with Crippen molar-refractivity contribution >= 4 is 29.3 Å². The highest BCUT2D eigenvalue weighted by Gasteiger charge is 2.12. The van der Waals surface area contributed by atoms with Crippen LogP contribution >= 0.6 is 11.8 Å². The Morgan fingerprint density at radius 1 is 1.17 bits per heavy atom. The summed E-state index contributed by atoms with van der Waals surface area (Å²) in [5, 5.41) is 3.73. The van der Waals surface area contributed by atoms with Crippen molar-refractivity contribution in [3.05, 3.63) is 18.3 Å². The SMILES string of the molecule is CCCN(CCC)C(=O)CCCC(=O)Nc1ccc(SC)nc1. The average molecular weight is 337 g/mol. The first-order chi connectivity index (χ1) is 11.1. The zero-order valence-electron chi connectivity index (χ0n) is 14.3. The predicted octanol–water partition coefficient (Wildman–Crippen LogP) is 3.56. The van der Waals surface area contributed by atoms with Crippen LogP contribution in [0.1, 0.15) is 46.0 Å². The molecule has 0 atom stereocenters. The Labute approximate surface area is 143 Å². The Bertz CT molecular complexity index is 485. The van der Waals surface area contributed by atoms with Gasteiger partial charge in [-0.1, -0.05) is 13.8 Å². The van der Waals surface area contributed by atoms with Crippen molar-refractivity contribution in [1.29, 1.82) is 0 Å². The Balaban J connectivity index is 2.33. The van der Waals surface area contributed by atoms with E-state index in [9.17, 15) is 9.59 Å². The van der Waals surface area contributed by atoms with E-state index in [1.54, 1.807) is 18.0 Å². The fourth-order valence-corrected chi connectivity index (χ4v) is 2.62. The number of carbonyl (C=O) groups is 2. The van der Waals surface area contributed by atoms with Gasteiger partial charge < -0.3 is 10.2 Å². The van der Waals surface area contributed by atoms with Crippen LogP contribution in [0.4, 0.5) is 5.69 Å². The van der Waals surface area contributed by atoms with Crippen LogP contribution in [0, 0.1) is 0 Å². The summed E-state index contributed by atoms with van der Waals surface area (Å²) in [5.74, 6) is 0.0709. The highest BCUT2D eigenvalue weighted by molar-refractivity contribution is 7.98. The summed E-state index contributed by atoms with van der Waals surface area (Å²) in [6, 6.07) is 3.71. The third-order valence-corrected chi connectivity index (χ3v) is 4.02. The van der Waals surface area contributed by atoms with Gasteiger partial charge >= 0.3 is 0 Å². The quantitative estimate of drug-likeness (QED) is 0.663. The number of anilines is 1. The lowest BCUT2D eigenvalue weighted by Crippen LogP contribution is -2.32. The molecular weight excluding hydrogens is 310 g/mol. The van der Waals surface area contributed by atoms with Gasteiger partial charge in [0, 0.05) is 25.9 Å². The summed E-state index contributed by atoms with van der Waals surface area (Å²) in [4.78, 5) is 30.1. The van der Waals surface area contributed by atoms with Crippen LogP contribution in [-0.4, -0.2) is 41.0 Å². The molecule has 0 saturated carbocycles. The number of aromatic nitrogens is 1. The van der Waals surface area contributed by atoms with Gasteiger partial charge in [-0.3, -0.25) is 9.59 Å². The molecule has 5 nitrogen and oxygen atoms in total. The first-order valence-electron chi connectivity index (χ1n) is 8.18. The van der Waals surface area contributed by atoms with E-state index >= 15 is 0 Å². The van der Waals surface area contributed by atoms with E-state index in [-0.39, 0.29) is 11.8 Å². The topological polar surface area (TPSA) is 62.3 Å².